The van der Waals surface area contributed by atoms with Crippen molar-refractivity contribution in [3.05, 3.63) is 35.4 Å². The maximum atomic E-state index is 6.58. The molecular formula is C18H28N2. The quantitative estimate of drug-likeness (QED) is 0.849. The van der Waals surface area contributed by atoms with E-state index in [0.29, 0.717) is 11.5 Å². The number of hydrogen-bond acceptors (Lipinski definition) is 2. The number of nitrogens with zero attached hydrogens (tertiary/aromatic N) is 1. The molecule has 1 aromatic carbocycles. The Morgan fingerprint density at radius 2 is 1.90 bits per heavy atom. The molecule has 3 atom stereocenters. The summed E-state index contributed by atoms with van der Waals surface area (Å²) in [4.78, 5) is 2.66. The molecule has 2 N–H and O–H groups in total. The van der Waals surface area contributed by atoms with Crippen LogP contribution in [0.3, 0.4) is 0 Å². The van der Waals surface area contributed by atoms with Crippen LogP contribution in [0, 0.1) is 11.3 Å². The monoisotopic (exact) mass is 272 g/mol. The first-order valence-corrected chi connectivity index (χ1v) is 8.04. The van der Waals surface area contributed by atoms with Gasteiger partial charge in [-0.3, -0.25) is 4.90 Å². The summed E-state index contributed by atoms with van der Waals surface area (Å²) in [6.07, 6.45) is 3.73. The Morgan fingerprint density at radius 3 is 2.60 bits per heavy atom. The van der Waals surface area contributed by atoms with Gasteiger partial charge < -0.3 is 5.73 Å². The largest absolute Gasteiger partial charge is 0.323 e. The highest BCUT2D eigenvalue weighted by molar-refractivity contribution is 5.33. The van der Waals surface area contributed by atoms with E-state index in [0.717, 1.165) is 5.92 Å². The van der Waals surface area contributed by atoms with Crippen molar-refractivity contribution in [3.8, 4) is 0 Å². The van der Waals surface area contributed by atoms with Crippen LogP contribution in [0.2, 0.25) is 0 Å². The second-order valence-corrected chi connectivity index (χ2v) is 7.68. The van der Waals surface area contributed by atoms with E-state index >= 15 is 0 Å². The molecular weight excluding hydrogens is 244 g/mol. The van der Waals surface area contributed by atoms with E-state index in [-0.39, 0.29) is 6.04 Å². The van der Waals surface area contributed by atoms with Gasteiger partial charge in [-0.1, -0.05) is 45.0 Å². The van der Waals surface area contributed by atoms with Crippen molar-refractivity contribution < 1.29 is 0 Å². The molecule has 0 spiro atoms. The van der Waals surface area contributed by atoms with E-state index in [1.807, 2.05) is 0 Å². The van der Waals surface area contributed by atoms with Crippen molar-refractivity contribution in [2.45, 2.75) is 52.1 Å². The first-order chi connectivity index (χ1) is 9.47. The Kier molecular flexibility index (Phi) is 3.64. The third kappa shape index (κ3) is 2.51. The Hall–Kier alpha value is -0.860. The maximum Gasteiger partial charge on any atom is 0.0455 e. The van der Waals surface area contributed by atoms with Crippen molar-refractivity contribution >= 4 is 0 Å². The van der Waals surface area contributed by atoms with Crippen molar-refractivity contribution in [3.63, 3.8) is 0 Å². The predicted molar refractivity (Wildman–Crippen MR) is 84.6 cm³/mol. The minimum Gasteiger partial charge on any atom is -0.323 e. The highest BCUT2D eigenvalue weighted by atomic mass is 15.2. The highest BCUT2D eigenvalue weighted by Crippen LogP contribution is 2.38. The van der Waals surface area contributed by atoms with E-state index in [2.05, 4.69) is 49.9 Å². The summed E-state index contributed by atoms with van der Waals surface area (Å²) in [6.45, 7) is 9.57. The number of rotatable bonds is 1. The summed E-state index contributed by atoms with van der Waals surface area (Å²) in [5, 5.41) is 0. The van der Waals surface area contributed by atoms with Crippen molar-refractivity contribution in [2.75, 3.05) is 13.1 Å². The Morgan fingerprint density at radius 1 is 1.15 bits per heavy atom. The lowest BCUT2D eigenvalue weighted by atomic mass is 9.80. The fourth-order valence-corrected chi connectivity index (χ4v) is 3.98. The molecule has 1 aromatic rings. The summed E-state index contributed by atoms with van der Waals surface area (Å²) in [6, 6.07) is 9.47. The summed E-state index contributed by atoms with van der Waals surface area (Å²) in [5.41, 5.74) is 9.84. The predicted octanol–water partition coefficient (Wildman–Crippen LogP) is 3.37. The lowest BCUT2D eigenvalue weighted by Crippen LogP contribution is -2.44. The number of nitrogens with two attached hydrogens (primary N) is 1. The molecule has 20 heavy (non-hydrogen) atoms. The Balaban J connectivity index is 1.74. The molecule has 110 valence electrons. The molecule has 1 fully saturated rings. The lowest BCUT2D eigenvalue weighted by Gasteiger charge is -2.38. The zero-order chi connectivity index (χ0) is 14.3. The standard InChI is InChI=1S/C18H28N2/c1-18(2,3)14-10-11-20(12-14)16-9-8-13-6-4-5-7-15(13)17(16)19/h4-7,14,16-17H,8-12,19H2,1-3H3. The molecule has 2 heteroatoms. The van der Waals surface area contributed by atoms with Gasteiger partial charge in [0.05, 0.1) is 0 Å². The molecule has 2 aliphatic rings. The highest BCUT2D eigenvalue weighted by Gasteiger charge is 2.38. The van der Waals surface area contributed by atoms with Gasteiger partial charge in [0.2, 0.25) is 0 Å². The minimum absolute atomic E-state index is 0.193. The third-order valence-corrected chi connectivity index (χ3v) is 5.45. The molecule has 3 rings (SSSR count). The molecule has 1 saturated heterocycles. The molecule has 0 radical (unpaired) electrons. The Bertz CT molecular complexity index is 475. The van der Waals surface area contributed by atoms with Crippen molar-refractivity contribution in [1.82, 2.24) is 4.90 Å². The average molecular weight is 272 g/mol. The van der Waals surface area contributed by atoms with Crippen LogP contribution >= 0.6 is 0 Å². The van der Waals surface area contributed by atoms with Crippen molar-refractivity contribution in [1.29, 1.82) is 0 Å². The molecule has 1 aliphatic heterocycles. The second kappa shape index (κ2) is 5.16. The van der Waals surface area contributed by atoms with E-state index in [9.17, 15) is 0 Å². The van der Waals surface area contributed by atoms with Crippen LogP contribution in [0.5, 0.6) is 0 Å². The summed E-state index contributed by atoms with van der Waals surface area (Å²) in [5.74, 6) is 0.812. The number of hydrogen-bond donors (Lipinski definition) is 1. The van der Waals surface area contributed by atoms with Crippen LogP contribution in [0.1, 0.15) is 50.8 Å². The fourth-order valence-electron chi connectivity index (χ4n) is 3.98. The van der Waals surface area contributed by atoms with E-state index in [1.165, 1.54) is 43.5 Å². The van der Waals surface area contributed by atoms with Crippen molar-refractivity contribution in [2.24, 2.45) is 17.1 Å². The van der Waals surface area contributed by atoms with Gasteiger partial charge in [-0.15, -0.1) is 0 Å². The molecule has 1 aliphatic carbocycles. The molecule has 0 bridgehead atoms. The minimum atomic E-state index is 0.193. The summed E-state index contributed by atoms with van der Waals surface area (Å²) < 4.78 is 0. The zero-order valence-corrected chi connectivity index (χ0v) is 13.1. The topological polar surface area (TPSA) is 29.3 Å². The van der Waals surface area contributed by atoms with Gasteiger partial charge in [-0.05, 0) is 48.3 Å². The second-order valence-electron chi connectivity index (χ2n) is 7.68. The number of benzene rings is 1. The van der Waals surface area contributed by atoms with Crippen LogP contribution in [-0.2, 0) is 6.42 Å². The first kappa shape index (κ1) is 14.1. The molecule has 0 amide bonds. The van der Waals surface area contributed by atoms with Crippen LogP contribution in [0.15, 0.2) is 24.3 Å². The molecule has 1 heterocycles. The normalized spacial score (nSPS) is 31.3. The number of fused-ring (bicyclic) bond motifs is 1. The van der Waals surface area contributed by atoms with Gasteiger partial charge in [-0.25, -0.2) is 0 Å². The SMILES string of the molecule is CC(C)(C)C1CCN(C2CCc3ccccc3C2N)C1. The average Bonchev–Trinajstić information content (AvgIpc) is 2.89. The van der Waals surface area contributed by atoms with Gasteiger partial charge in [-0.2, -0.15) is 0 Å². The Labute approximate surface area is 123 Å². The van der Waals surface area contributed by atoms with Crippen LogP contribution in [0.25, 0.3) is 0 Å². The van der Waals surface area contributed by atoms with E-state index in [4.69, 9.17) is 5.73 Å². The summed E-state index contributed by atoms with van der Waals surface area (Å²) >= 11 is 0. The fraction of sp³-hybridized carbons (Fsp3) is 0.667. The summed E-state index contributed by atoms with van der Waals surface area (Å²) in [7, 11) is 0. The van der Waals surface area contributed by atoms with Gasteiger partial charge in [0, 0.05) is 18.6 Å². The smallest absolute Gasteiger partial charge is 0.0455 e. The van der Waals surface area contributed by atoms with Gasteiger partial charge in [0.1, 0.15) is 0 Å². The van der Waals surface area contributed by atoms with Gasteiger partial charge in [0.15, 0.2) is 0 Å². The lowest BCUT2D eigenvalue weighted by molar-refractivity contribution is 0.163. The van der Waals surface area contributed by atoms with Crippen LogP contribution < -0.4 is 5.73 Å². The number of aryl methyl sites for hydroxylation is 1. The molecule has 0 saturated carbocycles. The van der Waals surface area contributed by atoms with E-state index < -0.39 is 0 Å². The first-order valence-electron chi connectivity index (χ1n) is 8.04. The maximum absolute atomic E-state index is 6.58. The zero-order valence-electron chi connectivity index (χ0n) is 13.1. The molecule has 3 unspecified atom stereocenters. The number of likely N-dealkylation sites (tertiary alicyclic amines) is 1. The van der Waals surface area contributed by atoms with Crippen LogP contribution in [-0.4, -0.2) is 24.0 Å². The molecule has 0 aromatic heterocycles. The molecule has 2 nitrogen and oxygen atoms in total. The third-order valence-electron chi connectivity index (χ3n) is 5.45. The van der Waals surface area contributed by atoms with Gasteiger partial charge >= 0.3 is 0 Å². The van der Waals surface area contributed by atoms with Gasteiger partial charge in [0.25, 0.3) is 0 Å². The van der Waals surface area contributed by atoms with Crippen LogP contribution in [0.4, 0.5) is 0 Å². The van der Waals surface area contributed by atoms with E-state index in [1.54, 1.807) is 0 Å².